The number of amides is 1. The van der Waals surface area contributed by atoms with Crippen molar-refractivity contribution in [2.24, 2.45) is 5.10 Å². The predicted molar refractivity (Wildman–Crippen MR) is 75.4 cm³/mol. The van der Waals surface area contributed by atoms with Gasteiger partial charge in [0.2, 0.25) is 0 Å². The summed E-state index contributed by atoms with van der Waals surface area (Å²) in [5.41, 5.74) is 0.465. The number of nitrogens with zero attached hydrogens (tertiary/aromatic N) is 2. The molecule has 4 nitrogen and oxygen atoms in total. The second-order valence-electron chi connectivity index (χ2n) is 5.43. The second kappa shape index (κ2) is 5.21. The molecule has 1 heterocycles. The lowest BCUT2D eigenvalue weighted by Crippen LogP contribution is -2.34. The monoisotopic (exact) mass is 280 g/mol. The van der Waals surface area contributed by atoms with Crippen LogP contribution in [0.15, 0.2) is 29.4 Å². The van der Waals surface area contributed by atoms with Gasteiger partial charge in [0.05, 0.1) is 6.04 Å². The van der Waals surface area contributed by atoms with Crippen LogP contribution >= 0.6 is 11.6 Å². The van der Waals surface area contributed by atoms with Crippen LogP contribution in [0.3, 0.4) is 0 Å². The smallest absolute Gasteiger partial charge is 0.431 e. The van der Waals surface area contributed by atoms with E-state index in [4.69, 9.17) is 16.3 Å². The van der Waals surface area contributed by atoms with Gasteiger partial charge in [0.15, 0.2) is 0 Å². The van der Waals surface area contributed by atoms with Crippen LogP contribution < -0.4 is 0 Å². The maximum Gasteiger partial charge on any atom is 0.431 e. The Morgan fingerprint density at radius 2 is 2.00 bits per heavy atom. The fraction of sp³-hybridized carbons (Fsp3) is 0.429. The molecule has 0 spiro atoms. The van der Waals surface area contributed by atoms with Gasteiger partial charge < -0.3 is 4.74 Å². The average Bonchev–Trinajstić information content (AvgIpc) is 2.76. The van der Waals surface area contributed by atoms with Crippen molar-refractivity contribution in [3.05, 3.63) is 34.9 Å². The minimum Gasteiger partial charge on any atom is -0.442 e. The van der Waals surface area contributed by atoms with Crippen molar-refractivity contribution >= 4 is 23.9 Å². The topological polar surface area (TPSA) is 41.9 Å². The summed E-state index contributed by atoms with van der Waals surface area (Å²) in [7, 11) is 0. The Balaban J connectivity index is 2.14. The van der Waals surface area contributed by atoms with E-state index >= 15 is 0 Å². The third kappa shape index (κ3) is 3.47. The Kier molecular flexibility index (Phi) is 3.80. The van der Waals surface area contributed by atoms with E-state index in [2.05, 4.69) is 5.10 Å². The van der Waals surface area contributed by atoms with E-state index in [0.717, 1.165) is 5.56 Å². The zero-order chi connectivity index (χ0) is 14.0. The Morgan fingerprint density at radius 1 is 1.37 bits per heavy atom. The number of rotatable bonds is 1. The summed E-state index contributed by atoms with van der Waals surface area (Å²) in [4.78, 5) is 12.1. The average molecular weight is 281 g/mol. The minimum atomic E-state index is -0.528. The molecule has 0 aromatic heterocycles. The van der Waals surface area contributed by atoms with E-state index in [1.54, 1.807) is 6.21 Å². The molecule has 1 aromatic rings. The highest BCUT2D eigenvalue weighted by molar-refractivity contribution is 6.30. The van der Waals surface area contributed by atoms with Gasteiger partial charge in [-0.2, -0.15) is 10.1 Å². The van der Waals surface area contributed by atoms with E-state index < -0.39 is 11.7 Å². The number of hydrogen-bond donors (Lipinski definition) is 0. The van der Waals surface area contributed by atoms with Crippen LogP contribution in [-0.4, -0.2) is 22.9 Å². The summed E-state index contributed by atoms with van der Waals surface area (Å²) in [5, 5.41) is 6.16. The van der Waals surface area contributed by atoms with E-state index in [-0.39, 0.29) is 6.04 Å². The van der Waals surface area contributed by atoms with Gasteiger partial charge >= 0.3 is 6.09 Å². The largest absolute Gasteiger partial charge is 0.442 e. The van der Waals surface area contributed by atoms with E-state index in [9.17, 15) is 4.79 Å². The lowest BCUT2D eigenvalue weighted by atomic mass is 10.1. The molecule has 1 aliphatic heterocycles. The van der Waals surface area contributed by atoms with Crippen molar-refractivity contribution in [2.45, 2.75) is 38.8 Å². The molecule has 0 saturated carbocycles. The van der Waals surface area contributed by atoms with Gasteiger partial charge in [-0.25, -0.2) is 4.79 Å². The van der Waals surface area contributed by atoms with Crippen molar-refractivity contribution in [3.63, 3.8) is 0 Å². The minimum absolute atomic E-state index is 0.118. The van der Waals surface area contributed by atoms with E-state index in [0.29, 0.717) is 11.4 Å². The maximum absolute atomic E-state index is 12.1. The predicted octanol–water partition coefficient (Wildman–Crippen LogP) is 4.01. The first-order valence-corrected chi connectivity index (χ1v) is 6.55. The number of halogens is 1. The molecule has 19 heavy (non-hydrogen) atoms. The highest BCUT2D eigenvalue weighted by Gasteiger charge is 2.31. The molecule has 1 amide bonds. The van der Waals surface area contributed by atoms with Crippen LogP contribution in [0.2, 0.25) is 5.02 Å². The van der Waals surface area contributed by atoms with Crippen molar-refractivity contribution < 1.29 is 9.53 Å². The summed E-state index contributed by atoms with van der Waals surface area (Å²) >= 11 is 5.87. The van der Waals surface area contributed by atoms with E-state index in [1.165, 1.54) is 5.01 Å². The first-order chi connectivity index (χ1) is 8.87. The molecule has 1 aliphatic rings. The molecule has 0 bridgehead atoms. The maximum atomic E-state index is 12.1. The Morgan fingerprint density at radius 3 is 2.58 bits per heavy atom. The highest BCUT2D eigenvalue weighted by atomic mass is 35.5. The van der Waals surface area contributed by atoms with Crippen LogP contribution in [0.25, 0.3) is 0 Å². The van der Waals surface area contributed by atoms with Crippen molar-refractivity contribution in [3.8, 4) is 0 Å². The number of ether oxygens (including phenoxy) is 1. The fourth-order valence-electron chi connectivity index (χ4n) is 1.86. The van der Waals surface area contributed by atoms with Crippen LogP contribution in [-0.2, 0) is 4.74 Å². The molecule has 1 aromatic carbocycles. The second-order valence-corrected chi connectivity index (χ2v) is 5.86. The summed E-state index contributed by atoms with van der Waals surface area (Å²) in [5.74, 6) is 0. The molecule has 0 N–H and O–H groups in total. The van der Waals surface area contributed by atoms with Gasteiger partial charge in [0.25, 0.3) is 0 Å². The van der Waals surface area contributed by atoms with Gasteiger partial charge in [-0.15, -0.1) is 0 Å². The number of hydrogen-bond acceptors (Lipinski definition) is 3. The standard InChI is InChI=1S/C14H17ClN2O2/c1-14(2,3)19-13(18)17-12(8-9-16-17)10-4-6-11(15)7-5-10/h4-7,9,12H,8H2,1-3H3/t12-/m0/s1. The molecule has 0 saturated heterocycles. The van der Waals surface area contributed by atoms with Crippen LogP contribution in [0.1, 0.15) is 38.8 Å². The Labute approximate surface area is 118 Å². The summed E-state index contributed by atoms with van der Waals surface area (Å²) in [6, 6.07) is 7.30. The Hall–Kier alpha value is -1.55. The molecular formula is C14H17ClN2O2. The summed E-state index contributed by atoms with van der Waals surface area (Å²) in [6.07, 6.45) is 1.98. The van der Waals surface area contributed by atoms with Gasteiger partial charge in [-0.05, 0) is 38.5 Å². The molecular weight excluding hydrogens is 264 g/mol. The van der Waals surface area contributed by atoms with E-state index in [1.807, 2.05) is 45.0 Å². The van der Waals surface area contributed by atoms with Crippen LogP contribution in [0, 0.1) is 0 Å². The first kappa shape index (κ1) is 13.9. The molecule has 2 rings (SSSR count). The summed E-state index contributed by atoms with van der Waals surface area (Å²) < 4.78 is 5.34. The number of carbonyl (C=O) groups is 1. The lowest BCUT2D eigenvalue weighted by molar-refractivity contribution is 0.0195. The quantitative estimate of drug-likeness (QED) is 0.780. The number of benzene rings is 1. The molecule has 0 aliphatic carbocycles. The van der Waals surface area contributed by atoms with Crippen molar-refractivity contribution in [1.29, 1.82) is 0 Å². The van der Waals surface area contributed by atoms with Gasteiger partial charge in [0.1, 0.15) is 5.60 Å². The van der Waals surface area contributed by atoms with Gasteiger partial charge in [-0.1, -0.05) is 23.7 Å². The normalized spacial score (nSPS) is 18.7. The first-order valence-electron chi connectivity index (χ1n) is 6.17. The highest BCUT2D eigenvalue weighted by Crippen LogP contribution is 2.30. The van der Waals surface area contributed by atoms with Gasteiger partial charge in [0, 0.05) is 17.7 Å². The van der Waals surface area contributed by atoms with Crippen molar-refractivity contribution in [1.82, 2.24) is 5.01 Å². The Bertz CT molecular complexity index is 491. The third-order valence-corrected chi connectivity index (χ3v) is 2.92. The zero-order valence-electron chi connectivity index (χ0n) is 11.3. The van der Waals surface area contributed by atoms with Crippen molar-refractivity contribution in [2.75, 3.05) is 0 Å². The molecule has 0 unspecified atom stereocenters. The van der Waals surface area contributed by atoms with Crippen LogP contribution in [0.4, 0.5) is 4.79 Å². The van der Waals surface area contributed by atoms with Crippen LogP contribution in [0.5, 0.6) is 0 Å². The molecule has 5 heteroatoms. The molecule has 0 fully saturated rings. The number of hydrazone groups is 1. The van der Waals surface area contributed by atoms with Gasteiger partial charge in [-0.3, -0.25) is 0 Å². The third-order valence-electron chi connectivity index (χ3n) is 2.67. The number of carbonyl (C=O) groups excluding carboxylic acids is 1. The SMILES string of the molecule is CC(C)(C)OC(=O)N1N=CC[C@H]1c1ccc(Cl)cc1. The zero-order valence-corrected chi connectivity index (χ0v) is 12.0. The fourth-order valence-corrected chi connectivity index (χ4v) is 1.99. The molecule has 1 atom stereocenters. The molecule has 0 radical (unpaired) electrons. The summed E-state index contributed by atoms with van der Waals surface area (Å²) in [6.45, 7) is 5.51. The molecule has 102 valence electrons. The lowest BCUT2D eigenvalue weighted by Gasteiger charge is -2.26.